The molecule has 2 saturated carbocycles. The number of hydrogen-bond acceptors (Lipinski definition) is 5. The van der Waals surface area contributed by atoms with E-state index < -0.39 is 24.3 Å². The lowest BCUT2D eigenvalue weighted by atomic mass is 9.97. The van der Waals surface area contributed by atoms with Gasteiger partial charge in [-0.1, -0.05) is 0 Å². The lowest BCUT2D eigenvalue weighted by Crippen LogP contribution is -2.52. The van der Waals surface area contributed by atoms with E-state index in [1.54, 1.807) is 17.0 Å². The van der Waals surface area contributed by atoms with Crippen molar-refractivity contribution < 1.29 is 22.8 Å². The van der Waals surface area contributed by atoms with Crippen molar-refractivity contribution in [1.29, 1.82) is 0 Å². The van der Waals surface area contributed by atoms with Gasteiger partial charge in [0.2, 0.25) is 5.91 Å². The van der Waals surface area contributed by atoms with Gasteiger partial charge < -0.3 is 25.1 Å². The zero-order chi connectivity index (χ0) is 32.8. The summed E-state index contributed by atoms with van der Waals surface area (Å²) in [5.74, 6) is -3.59. The van der Waals surface area contributed by atoms with Gasteiger partial charge in [-0.3, -0.25) is 9.59 Å². The number of benzene rings is 1. The van der Waals surface area contributed by atoms with Crippen LogP contribution in [0, 0.1) is 17.7 Å². The smallest absolute Gasteiger partial charge is 0.265 e. The summed E-state index contributed by atoms with van der Waals surface area (Å²) in [6, 6.07) is 7.54. The molecule has 3 aromatic heterocycles. The number of hydrogen-bond donors (Lipinski definition) is 2. The third kappa shape index (κ3) is 5.38. The third-order valence-electron chi connectivity index (χ3n) is 10.8. The van der Waals surface area contributed by atoms with Gasteiger partial charge >= 0.3 is 0 Å². The number of pyridine rings is 1. The molecule has 47 heavy (non-hydrogen) atoms. The van der Waals surface area contributed by atoms with Crippen LogP contribution < -0.4 is 11.1 Å². The number of carbonyl (C=O) groups excluding carboxylic acids is 2. The van der Waals surface area contributed by atoms with E-state index >= 15 is 13.2 Å². The standard InChI is InChI=1S/C35H40F3N7O2/c1-18-27-10-7-21-16-29(44(31(21)41-27)17-35(37,38)11-3-5-20-13-24(20)33(46)40-18)32-42-28-15-22(14-25(36)30(28)45(32)23-8-9-23)34(47)43-12-4-6-26(39)19(43)2/h7,10,14-16,18-20,23-24,26H,3-6,8-9,11-13,17,39H2,1-2H3,(H,40,46)/t18-,19-,20-,24-,26-/m1/s1. The first-order valence-electron chi connectivity index (χ1n) is 17.0. The Morgan fingerprint density at radius 3 is 2.66 bits per heavy atom. The summed E-state index contributed by atoms with van der Waals surface area (Å²) in [6.45, 7) is 3.70. The number of piperidine rings is 1. The molecular weight excluding hydrogens is 607 g/mol. The van der Waals surface area contributed by atoms with E-state index in [1.807, 2.05) is 30.5 Å². The second-order valence-electron chi connectivity index (χ2n) is 14.3. The molecular formula is C35H40F3N7O2. The van der Waals surface area contributed by atoms with Crippen LogP contribution in [0.5, 0.6) is 0 Å². The van der Waals surface area contributed by atoms with Crippen molar-refractivity contribution in [3.8, 4) is 11.5 Å². The maximum absolute atomic E-state index is 16.1. The van der Waals surface area contributed by atoms with Crippen LogP contribution in [-0.2, 0) is 11.3 Å². The fourth-order valence-corrected chi connectivity index (χ4v) is 7.74. The molecule has 0 radical (unpaired) electrons. The van der Waals surface area contributed by atoms with Crippen LogP contribution in [0.4, 0.5) is 13.2 Å². The number of nitrogens with zero attached hydrogens (tertiary/aromatic N) is 5. The number of imidazole rings is 1. The van der Waals surface area contributed by atoms with Gasteiger partial charge in [0.25, 0.3) is 11.8 Å². The number of nitrogens with two attached hydrogens (primary N) is 1. The molecule has 1 aromatic carbocycles. The maximum Gasteiger partial charge on any atom is 0.265 e. The van der Waals surface area contributed by atoms with Crippen LogP contribution in [0.1, 0.15) is 93.3 Å². The van der Waals surface area contributed by atoms with Crippen molar-refractivity contribution in [2.45, 2.75) is 102 Å². The molecule has 2 bridgehead atoms. The molecule has 248 valence electrons. The van der Waals surface area contributed by atoms with Gasteiger partial charge in [0.05, 0.1) is 29.5 Å². The number of fused-ring (bicyclic) bond motifs is 3. The van der Waals surface area contributed by atoms with Crippen LogP contribution in [0.3, 0.4) is 0 Å². The van der Waals surface area contributed by atoms with Crippen molar-refractivity contribution >= 4 is 33.9 Å². The topological polar surface area (TPSA) is 111 Å². The van der Waals surface area contributed by atoms with Crippen molar-refractivity contribution in [2.24, 2.45) is 17.6 Å². The Hall–Kier alpha value is -3.93. The Morgan fingerprint density at radius 1 is 1.06 bits per heavy atom. The highest BCUT2D eigenvalue weighted by atomic mass is 19.3. The summed E-state index contributed by atoms with van der Waals surface area (Å²) < 4.78 is 51.0. The van der Waals surface area contributed by atoms with Crippen LogP contribution >= 0.6 is 0 Å². The van der Waals surface area contributed by atoms with E-state index in [9.17, 15) is 9.59 Å². The number of amides is 2. The lowest BCUT2D eigenvalue weighted by Gasteiger charge is -2.37. The summed E-state index contributed by atoms with van der Waals surface area (Å²) in [5.41, 5.74) is 8.36. The monoisotopic (exact) mass is 647 g/mol. The molecule has 3 fully saturated rings. The molecule has 3 N–H and O–H groups in total. The van der Waals surface area contributed by atoms with Crippen LogP contribution in [0.2, 0.25) is 0 Å². The van der Waals surface area contributed by atoms with E-state index in [0.717, 1.165) is 32.1 Å². The number of nitrogens with one attached hydrogen (secondary N) is 1. The molecule has 2 aliphatic carbocycles. The molecule has 2 aliphatic heterocycles. The second-order valence-corrected chi connectivity index (χ2v) is 14.3. The lowest BCUT2D eigenvalue weighted by molar-refractivity contribution is -0.123. The van der Waals surface area contributed by atoms with E-state index in [4.69, 9.17) is 15.7 Å². The highest BCUT2D eigenvalue weighted by Gasteiger charge is 2.44. The SMILES string of the molecule is C[C@@H]1[C@H](N)CCCN1C(=O)c1cc(F)c2c(c1)nc(-c1cc3ccc4nc3n1CC(F)(F)CCC[C@@H]1C[C@H]1C(=O)N[C@@H]4C)n2C1CC1. The van der Waals surface area contributed by atoms with E-state index in [1.165, 1.54) is 10.6 Å². The minimum absolute atomic E-state index is 0.0405. The Balaban J connectivity index is 1.26. The molecule has 9 nitrogen and oxygen atoms in total. The molecule has 0 spiro atoms. The summed E-state index contributed by atoms with van der Waals surface area (Å²) in [4.78, 5) is 37.9. The van der Waals surface area contributed by atoms with Gasteiger partial charge in [0.15, 0.2) is 5.82 Å². The molecule has 12 heteroatoms. The molecule has 5 atom stereocenters. The quantitative estimate of drug-likeness (QED) is 0.279. The molecule has 0 unspecified atom stereocenters. The molecule has 2 amide bonds. The van der Waals surface area contributed by atoms with Crippen molar-refractivity contribution in [1.82, 2.24) is 29.3 Å². The van der Waals surface area contributed by atoms with Crippen molar-refractivity contribution in [3.63, 3.8) is 0 Å². The van der Waals surface area contributed by atoms with Crippen molar-refractivity contribution in [2.75, 3.05) is 6.54 Å². The largest absolute Gasteiger partial charge is 0.348 e. The van der Waals surface area contributed by atoms with Crippen LogP contribution in [0.15, 0.2) is 30.3 Å². The first-order chi connectivity index (χ1) is 22.5. The second kappa shape index (κ2) is 11.1. The molecule has 4 aliphatic rings. The first kappa shape index (κ1) is 30.4. The Kier molecular flexibility index (Phi) is 7.16. The predicted molar refractivity (Wildman–Crippen MR) is 171 cm³/mol. The third-order valence-corrected chi connectivity index (χ3v) is 10.8. The van der Waals surface area contributed by atoms with Gasteiger partial charge in [-0.2, -0.15) is 0 Å². The zero-order valence-electron chi connectivity index (χ0n) is 26.7. The van der Waals surface area contributed by atoms with Gasteiger partial charge in [0, 0.05) is 48.0 Å². The molecule has 8 rings (SSSR count). The molecule has 5 heterocycles. The van der Waals surface area contributed by atoms with Crippen LogP contribution in [-0.4, -0.2) is 60.4 Å². The number of rotatable bonds is 3. The summed E-state index contributed by atoms with van der Waals surface area (Å²) in [7, 11) is 0. The molecule has 1 saturated heterocycles. The van der Waals surface area contributed by atoms with E-state index in [0.29, 0.717) is 53.1 Å². The average Bonchev–Trinajstić information content (AvgIpc) is 3.95. The average molecular weight is 648 g/mol. The summed E-state index contributed by atoms with van der Waals surface area (Å²) >= 11 is 0. The summed E-state index contributed by atoms with van der Waals surface area (Å²) in [5, 5.41) is 3.71. The minimum atomic E-state index is -3.05. The number of carbonyl (C=O) groups is 2. The maximum atomic E-state index is 16.1. The zero-order valence-corrected chi connectivity index (χ0v) is 26.7. The summed E-state index contributed by atoms with van der Waals surface area (Å²) in [6.07, 6.45) is 4.52. The Labute approximate surface area is 270 Å². The number of alkyl halides is 2. The van der Waals surface area contributed by atoms with Crippen LogP contribution in [0.25, 0.3) is 33.6 Å². The highest BCUT2D eigenvalue weighted by molar-refractivity contribution is 5.98. The fourth-order valence-electron chi connectivity index (χ4n) is 7.74. The Bertz CT molecular complexity index is 1910. The van der Waals surface area contributed by atoms with E-state index in [-0.39, 0.29) is 59.3 Å². The van der Waals surface area contributed by atoms with E-state index in [2.05, 4.69) is 5.32 Å². The number of halogens is 3. The normalized spacial score (nSPS) is 27.9. The van der Waals surface area contributed by atoms with Gasteiger partial charge in [-0.25, -0.2) is 23.1 Å². The Morgan fingerprint density at radius 2 is 1.87 bits per heavy atom. The minimum Gasteiger partial charge on any atom is -0.348 e. The number of aromatic nitrogens is 4. The number of likely N-dealkylation sites (tertiary alicyclic amines) is 1. The van der Waals surface area contributed by atoms with Gasteiger partial charge in [-0.15, -0.1) is 0 Å². The highest BCUT2D eigenvalue weighted by Crippen LogP contribution is 2.45. The predicted octanol–water partition coefficient (Wildman–Crippen LogP) is 6.11. The molecule has 4 aromatic rings. The van der Waals surface area contributed by atoms with Gasteiger partial charge in [-0.05, 0) is 95.0 Å². The van der Waals surface area contributed by atoms with Gasteiger partial charge in [0.1, 0.15) is 17.0 Å². The van der Waals surface area contributed by atoms with Crippen molar-refractivity contribution in [3.05, 3.63) is 47.4 Å². The fraction of sp³-hybridized carbons (Fsp3) is 0.543. The first-order valence-corrected chi connectivity index (χ1v) is 17.0.